The van der Waals surface area contributed by atoms with Gasteiger partial charge in [0.25, 0.3) is 5.91 Å². The van der Waals surface area contributed by atoms with Crippen LogP contribution in [0.25, 0.3) is 0 Å². The van der Waals surface area contributed by atoms with E-state index in [1.807, 2.05) is 18.9 Å². The Balaban J connectivity index is 1.84. The lowest BCUT2D eigenvalue weighted by atomic mass is 9.81. The van der Waals surface area contributed by atoms with Gasteiger partial charge < -0.3 is 19.3 Å². The second kappa shape index (κ2) is 5.08. The standard InChI is InChI=1S/C15H21N3O4/c1-4-11-16-9(2)12(22-11)13(19)18-6-10-5-17(3)7-15(10,8-18)14(20)21/h10H,4-8H2,1-3H3,(H,20,21)/t10-,15-/m0/s1. The third-order valence-corrected chi connectivity index (χ3v) is 4.83. The van der Waals surface area contributed by atoms with Crippen LogP contribution in [0.3, 0.4) is 0 Å². The Kier molecular flexibility index (Phi) is 3.47. The van der Waals surface area contributed by atoms with E-state index in [-0.39, 0.29) is 24.1 Å². The topological polar surface area (TPSA) is 86.9 Å². The van der Waals surface area contributed by atoms with Gasteiger partial charge in [-0.2, -0.15) is 0 Å². The average molecular weight is 307 g/mol. The summed E-state index contributed by atoms with van der Waals surface area (Å²) in [5.74, 6) is -0.325. The largest absolute Gasteiger partial charge is 0.481 e. The first-order valence-electron chi connectivity index (χ1n) is 7.55. The van der Waals surface area contributed by atoms with Gasteiger partial charge in [0.2, 0.25) is 5.76 Å². The van der Waals surface area contributed by atoms with E-state index in [9.17, 15) is 14.7 Å². The van der Waals surface area contributed by atoms with Crippen LogP contribution in [-0.4, -0.2) is 65.0 Å². The summed E-state index contributed by atoms with van der Waals surface area (Å²) in [5, 5.41) is 9.66. The van der Waals surface area contributed by atoms with E-state index in [1.165, 1.54) is 0 Å². The van der Waals surface area contributed by atoms with E-state index in [2.05, 4.69) is 4.98 Å². The molecule has 1 aromatic heterocycles. The number of hydrogen-bond acceptors (Lipinski definition) is 5. The third kappa shape index (κ3) is 2.11. The number of aliphatic carboxylic acids is 1. The molecular weight excluding hydrogens is 286 g/mol. The van der Waals surface area contributed by atoms with Gasteiger partial charge in [0.1, 0.15) is 5.41 Å². The van der Waals surface area contributed by atoms with Gasteiger partial charge in [-0.25, -0.2) is 4.98 Å². The molecule has 120 valence electrons. The van der Waals surface area contributed by atoms with Crippen LogP contribution in [0.5, 0.6) is 0 Å². The number of carboxylic acids is 1. The summed E-state index contributed by atoms with van der Waals surface area (Å²) in [6, 6.07) is 0. The number of hydrogen-bond donors (Lipinski definition) is 1. The van der Waals surface area contributed by atoms with E-state index in [0.717, 1.165) is 0 Å². The molecule has 0 radical (unpaired) electrons. The zero-order valence-electron chi connectivity index (χ0n) is 13.1. The highest BCUT2D eigenvalue weighted by molar-refractivity contribution is 5.93. The Morgan fingerprint density at radius 3 is 2.68 bits per heavy atom. The molecule has 1 amide bonds. The molecule has 2 saturated heterocycles. The number of carbonyl (C=O) groups is 2. The van der Waals surface area contributed by atoms with Crippen molar-refractivity contribution in [2.24, 2.45) is 11.3 Å². The Morgan fingerprint density at radius 2 is 2.14 bits per heavy atom. The number of nitrogens with zero attached hydrogens (tertiary/aromatic N) is 3. The van der Waals surface area contributed by atoms with Crippen molar-refractivity contribution in [3.8, 4) is 0 Å². The van der Waals surface area contributed by atoms with Gasteiger partial charge >= 0.3 is 5.97 Å². The van der Waals surface area contributed by atoms with Crippen molar-refractivity contribution in [1.82, 2.24) is 14.8 Å². The molecule has 0 bridgehead atoms. The zero-order valence-corrected chi connectivity index (χ0v) is 13.1. The maximum Gasteiger partial charge on any atom is 0.313 e. The molecule has 2 fully saturated rings. The summed E-state index contributed by atoms with van der Waals surface area (Å²) < 4.78 is 5.51. The lowest BCUT2D eigenvalue weighted by Crippen LogP contribution is -2.41. The summed E-state index contributed by atoms with van der Waals surface area (Å²) in [4.78, 5) is 32.3. The molecule has 1 N–H and O–H groups in total. The molecule has 7 heteroatoms. The number of aryl methyl sites for hydroxylation is 2. The van der Waals surface area contributed by atoms with Crippen molar-refractivity contribution in [3.63, 3.8) is 0 Å². The second-order valence-corrected chi connectivity index (χ2v) is 6.42. The van der Waals surface area contributed by atoms with E-state index in [0.29, 0.717) is 37.6 Å². The van der Waals surface area contributed by atoms with Crippen LogP contribution in [0.15, 0.2) is 4.42 Å². The van der Waals surface area contributed by atoms with Crippen molar-refractivity contribution in [2.45, 2.75) is 20.3 Å². The van der Waals surface area contributed by atoms with Crippen LogP contribution >= 0.6 is 0 Å². The molecular formula is C15H21N3O4. The van der Waals surface area contributed by atoms with Crippen LogP contribution in [-0.2, 0) is 11.2 Å². The molecule has 2 aliphatic heterocycles. The number of carbonyl (C=O) groups excluding carboxylic acids is 1. The molecule has 0 aliphatic carbocycles. The van der Waals surface area contributed by atoms with Crippen molar-refractivity contribution in [2.75, 3.05) is 33.2 Å². The third-order valence-electron chi connectivity index (χ3n) is 4.83. The summed E-state index contributed by atoms with van der Waals surface area (Å²) in [6.45, 7) is 5.52. The predicted octanol–water partition coefficient (Wildman–Crippen LogP) is 0.634. The molecule has 0 unspecified atom stereocenters. The fourth-order valence-corrected chi connectivity index (χ4v) is 3.72. The summed E-state index contributed by atoms with van der Waals surface area (Å²) in [7, 11) is 1.92. The molecule has 3 rings (SSSR count). The van der Waals surface area contributed by atoms with Crippen LogP contribution < -0.4 is 0 Å². The highest BCUT2D eigenvalue weighted by Gasteiger charge is 2.58. The minimum absolute atomic E-state index is 0.0344. The van der Waals surface area contributed by atoms with E-state index in [1.54, 1.807) is 11.8 Å². The predicted molar refractivity (Wildman–Crippen MR) is 77.6 cm³/mol. The number of likely N-dealkylation sites (tertiary alicyclic amines) is 2. The molecule has 3 heterocycles. The van der Waals surface area contributed by atoms with Gasteiger partial charge in [0.15, 0.2) is 5.89 Å². The van der Waals surface area contributed by atoms with E-state index in [4.69, 9.17) is 4.42 Å². The first-order valence-corrected chi connectivity index (χ1v) is 7.55. The number of carboxylic acid groups (broad SMARTS) is 1. The van der Waals surface area contributed by atoms with Gasteiger partial charge in [-0.1, -0.05) is 6.92 Å². The molecule has 22 heavy (non-hydrogen) atoms. The average Bonchev–Trinajstić information content (AvgIpc) is 3.08. The van der Waals surface area contributed by atoms with Crippen LogP contribution in [0.1, 0.15) is 29.1 Å². The van der Waals surface area contributed by atoms with E-state index < -0.39 is 11.4 Å². The number of aromatic nitrogens is 1. The minimum atomic E-state index is -0.855. The van der Waals surface area contributed by atoms with Crippen molar-refractivity contribution >= 4 is 11.9 Å². The Morgan fingerprint density at radius 1 is 1.41 bits per heavy atom. The van der Waals surface area contributed by atoms with Crippen molar-refractivity contribution < 1.29 is 19.1 Å². The lowest BCUT2D eigenvalue weighted by molar-refractivity contribution is -0.148. The molecule has 0 aromatic carbocycles. The van der Waals surface area contributed by atoms with Gasteiger partial charge in [-0.3, -0.25) is 9.59 Å². The molecule has 2 aliphatic rings. The highest BCUT2D eigenvalue weighted by Crippen LogP contribution is 2.42. The van der Waals surface area contributed by atoms with Gasteiger partial charge in [0.05, 0.1) is 5.69 Å². The fourth-order valence-electron chi connectivity index (χ4n) is 3.72. The van der Waals surface area contributed by atoms with Crippen molar-refractivity contribution in [3.05, 3.63) is 17.3 Å². The van der Waals surface area contributed by atoms with Crippen LogP contribution in [0.2, 0.25) is 0 Å². The fraction of sp³-hybridized carbons (Fsp3) is 0.667. The highest BCUT2D eigenvalue weighted by atomic mass is 16.4. The van der Waals surface area contributed by atoms with Gasteiger partial charge in [-0.15, -0.1) is 0 Å². The number of amides is 1. The number of fused-ring (bicyclic) bond motifs is 1. The molecule has 1 aromatic rings. The van der Waals surface area contributed by atoms with Crippen LogP contribution in [0.4, 0.5) is 0 Å². The normalized spacial score (nSPS) is 28.1. The Hall–Kier alpha value is -1.89. The minimum Gasteiger partial charge on any atom is -0.481 e. The van der Waals surface area contributed by atoms with Crippen LogP contribution in [0, 0.1) is 18.3 Å². The monoisotopic (exact) mass is 307 g/mol. The lowest BCUT2D eigenvalue weighted by Gasteiger charge is -2.23. The molecule has 0 spiro atoms. The number of oxazole rings is 1. The maximum absolute atomic E-state index is 12.7. The Labute approximate surface area is 128 Å². The molecule has 0 saturated carbocycles. The smallest absolute Gasteiger partial charge is 0.313 e. The summed E-state index contributed by atoms with van der Waals surface area (Å²) in [6.07, 6.45) is 0.626. The van der Waals surface area contributed by atoms with Gasteiger partial charge in [0, 0.05) is 38.5 Å². The molecule has 7 nitrogen and oxygen atoms in total. The first kappa shape index (κ1) is 15.0. The maximum atomic E-state index is 12.7. The number of rotatable bonds is 3. The SMILES string of the molecule is CCc1nc(C)c(C(=O)N2C[C@@H]3CN(C)C[C@]3(C(=O)O)C2)o1. The summed E-state index contributed by atoms with van der Waals surface area (Å²) >= 11 is 0. The van der Waals surface area contributed by atoms with Gasteiger partial charge in [-0.05, 0) is 14.0 Å². The molecule has 2 atom stereocenters. The first-order chi connectivity index (χ1) is 10.4. The van der Waals surface area contributed by atoms with E-state index >= 15 is 0 Å². The van der Waals surface area contributed by atoms with Crippen molar-refractivity contribution in [1.29, 1.82) is 0 Å². The summed E-state index contributed by atoms with van der Waals surface area (Å²) in [5.41, 5.74) is -0.285. The quantitative estimate of drug-likeness (QED) is 0.881. The Bertz CT molecular complexity index is 626. The zero-order chi connectivity index (χ0) is 16.1. The second-order valence-electron chi connectivity index (χ2n) is 6.42.